The van der Waals surface area contributed by atoms with Gasteiger partial charge in [-0.05, 0) is 0 Å². The third-order valence-electron chi connectivity index (χ3n) is 2.87. The SMILES string of the molecule is CC1C(C)C12COC(=O)O2. The molecule has 0 aromatic heterocycles. The number of cyclic esters (lactones) is 1. The molecule has 3 nitrogen and oxygen atoms in total. The molecule has 3 heteroatoms. The van der Waals surface area contributed by atoms with Crippen molar-refractivity contribution in [1.29, 1.82) is 0 Å². The fourth-order valence-electron chi connectivity index (χ4n) is 1.66. The zero-order valence-electron chi connectivity index (χ0n) is 6.09. The van der Waals surface area contributed by atoms with Crippen molar-refractivity contribution in [3.05, 3.63) is 0 Å². The Balaban J connectivity index is 2.15. The van der Waals surface area contributed by atoms with E-state index >= 15 is 0 Å². The molecule has 2 unspecified atom stereocenters. The van der Waals surface area contributed by atoms with E-state index < -0.39 is 6.16 Å². The number of hydrogen-bond acceptors (Lipinski definition) is 3. The highest BCUT2D eigenvalue weighted by Gasteiger charge is 2.67. The second-order valence-electron chi connectivity index (χ2n) is 3.17. The predicted molar refractivity (Wildman–Crippen MR) is 33.5 cm³/mol. The van der Waals surface area contributed by atoms with Crippen LogP contribution in [0.25, 0.3) is 0 Å². The highest BCUT2D eigenvalue weighted by atomic mass is 16.8. The van der Waals surface area contributed by atoms with E-state index in [1.165, 1.54) is 0 Å². The molecule has 10 heavy (non-hydrogen) atoms. The fourth-order valence-corrected chi connectivity index (χ4v) is 1.66. The van der Waals surface area contributed by atoms with E-state index in [0.29, 0.717) is 18.4 Å². The Hall–Kier alpha value is -0.730. The Labute approximate surface area is 59.3 Å². The van der Waals surface area contributed by atoms with Crippen molar-refractivity contribution in [2.45, 2.75) is 19.4 Å². The summed E-state index contributed by atoms with van der Waals surface area (Å²) in [6.45, 7) is 4.60. The summed E-state index contributed by atoms with van der Waals surface area (Å²) >= 11 is 0. The minimum absolute atomic E-state index is 0.239. The van der Waals surface area contributed by atoms with Gasteiger partial charge < -0.3 is 9.47 Å². The fraction of sp³-hybridized carbons (Fsp3) is 0.857. The third kappa shape index (κ3) is 0.485. The topological polar surface area (TPSA) is 35.5 Å². The Morgan fingerprint density at radius 2 is 2.10 bits per heavy atom. The predicted octanol–water partition coefficient (Wildman–Crippen LogP) is 1.18. The molecule has 1 heterocycles. The molecule has 1 aliphatic carbocycles. The van der Waals surface area contributed by atoms with Gasteiger partial charge >= 0.3 is 6.16 Å². The quantitative estimate of drug-likeness (QED) is 0.476. The normalized spacial score (nSPS) is 50.8. The highest BCUT2D eigenvalue weighted by Crippen LogP contribution is 2.55. The van der Waals surface area contributed by atoms with Gasteiger partial charge in [0.25, 0.3) is 0 Å². The van der Waals surface area contributed by atoms with Crippen LogP contribution in [-0.4, -0.2) is 18.4 Å². The average molecular weight is 142 g/mol. The summed E-state index contributed by atoms with van der Waals surface area (Å²) in [7, 11) is 0. The molecular weight excluding hydrogens is 132 g/mol. The first kappa shape index (κ1) is 6.01. The second kappa shape index (κ2) is 1.47. The third-order valence-corrected chi connectivity index (χ3v) is 2.87. The molecule has 1 saturated heterocycles. The minimum Gasteiger partial charge on any atom is -0.430 e. The van der Waals surface area contributed by atoms with Gasteiger partial charge in [0.05, 0.1) is 0 Å². The molecule has 0 aromatic carbocycles. The second-order valence-corrected chi connectivity index (χ2v) is 3.17. The number of carbonyl (C=O) groups is 1. The number of rotatable bonds is 0. The lowest BCUT2D eigenvalue weighted by Crippen LogP contribution is -2.15. The van der Waals surface area contributed by atoms with Crippen LogP contribution in [0.3, 0.4) is 0 Å². The van der Waals surface area contributed by atoms with E-state index in [1.807, 2.05) is 0 Å². The van der Waals surface area contributed by atoms with Crippen molar-refractivity contribution in [2.24, 2.45) is 11.8 Å². The molecule has 0 N–H and O–H groups in total. The zero-order chi connectivity index (χ0) is 7.35. The molecule has 0 radical (unpaired) electrons. The molecule has 0 bridgehead atoms. The van der Waals surface area contributed by atoms with Crippen molar-refractivity contribution in [2.75, 3.05) is 6.61 Å². The van der Waals surface area contributed by atoms with Crippen LogP contribution in [0.15, 0.2) is 0 Å². The molecule has 1 saturated carbocycles. The summed E-state index contributed by atoms with van der Waals surface area (Å²) < 4.78 is 9.73. The minimum atomic E-state index is -0.504. The molecular formula is C7H10O3. The van der Waals surface area contributed by atoms with Gasteiger partial charge in [-0.1, -0.05) is 13.8 Å². The maximum atomic E-state index is 10.5. The summed E-state index contributed by atoms with van der Waals surface area (Å²) in [5.41, 5.74) is -0.239. The van der Waals surface area contributed by atoms with E-state index in [0.717, 1.165) is 0 Å². The van der Waals surface area contributed by atoms with Crippen LogP contribution in [0.1, 0.15) is 13.8 Å². The Morgan fingerprint density at radius 1 is 1.50 bits per heavy atom. The van der Waals surface area contributed by atoms with Gasteiger partial charge in [-0.25, -0.2) is 4.79 Å². The van der Waals surface area contributed by atoms with E-state index in [9.17, 15) is 4.79 Å². The van der Waals surface area contributed by atoms with Gasteiger partial charge in [0.2, 0.25) is 0 Å². The lowest BCUT2D eigenvalue weighted by molar-refractivity contribution is 0.103. The number of ether oxygens (including phenoxy) is 2. The summed E-state index contributed by atoms with van der Waals surface area (Å²) in [5, 5.41) is 0. The van der Waals surface area contributed by atoms with Crippen LogP contribution in [0, 0.1) is 11.8 Å². The van der Waals surface area contributed by atoms with E-state index in [-0.39, 0.29) is 5.60 Å². The number of carbonyl (C=O) groups excluding carboxylic acids is 1. The largest absolute Gasteiger partial charge is 0.509 e. The van der Waals surface area contributed by atoms with Gasteiger partial charge in [-0.2, -0.15) is 0 Å². The number of hydrogen-bond donors (Lipinski definition) is 0. The van der Waals surface area contributed by atoms with E-state index in [2.05, 4.69) is 13.8 Å². The summed E-state index contributed by atoms with van der Waals surface area (Å²) in [6, 6.07) is 0. The van der Waals surface area contributed by atoms with Gasteiger partial charge in [0.1, 0.15) is 6.61 Å². The smallest absolute Gasteiger partial charge is 0.430 e. The monoisotopic (exact) mass is 142 g/mol. The van der Waals surface area contributed by atoms with Crippen molar-refractivity contribution in [1.82, 2.24) is 0 Å². The standard InChI is InChI=1S/C7H10O3/c1-4-5(2)7(4)3-9-6(8)10-7/h4-5H,3H2,1-2H3. The van der Waals surface area contributed by atoms with Gasteiger partial charge in [-0.15, -0.1) is 0 Å². The zero-order valence-corrected chi connectivity index (χ0v) is 6.09. The van der Waals surface area contributed by atoms with Gasteiger partial charge in [-0.3, -0.25) is 0 Å². The first-order valence-electron chi connectivity index (χ1n) is 3.52. The molecule has 0 aromatic rings. The van der Waals surface area contributed by atoms with Crippen molar-refractivity contribution in [3.8, 4) is 0 Å². The molecule has 2 rings (SSSR count). The van der Waals surface area contributed by atoms with Crippen LogP contribution in [-0.2, 0) is 9.47 Å². The van der Waals surface area contributed by atoms with Crippen molar-refractivity contribution in [3.63, 3.8) is 0 Å². The van der Waals surface area contributed by atoms with Gasteiger partial charge in [0, 0.05) is 11.8 Å². The Morgan fingerprint density at radius 3 is 2.30 bits per heavy atom. The highest BCUT2D eigenvalue weighted by molar-refractivity contribution is 5.64. The summed E-state index contributed by atoms with van der Waals surface area (Å²) in [6.07, 6.45) is -0.504. The molecule has 1 aliphatic heterocycles. The molecule has 2 fully saturated rings. The van der Waals surface area contributed by atoms with Crippen LogP contribution < -0.4 is 0 Å². The molecule has 0 amide bonds. The van der Waals surface area contributed by atoms with E-state index in [4.69, 9.17) is 9.47 Å². The van der Waals surface area contributed by atoms with Gasteiger partial charge in [0.15, 0.2) is 5.60 Å². The van der Waals surface area contributed by atoms with E-state index in [1.54, 1.807) is 0 Å². The molecule has 56 valence electrons. The van der Waals surface area contributed by atoms with Crippen LogP contribution >= 0.6 is 0 Å². The summed E-state index contributed by atoms with van der Waals surface area (Å²) in [5.74, 6) is 0.942. The maximum Gasteiger partial charge on any atom is 0.509 e. The lowest BCUT2D eigenvalue weighted by Gasteiger charge is -2.00. The first-order chi connectivity index (χ1) is 4.67. The van der Waals surface area contributed by atoms with Crippen LogP contribution in [0.2, 0.25) is 0 Å². The molecule has 2 atom stereocenters. The van der Waals surface area contributed by atoms with Crippen LogP contribution in [0.4, 0.5) is 4.79 Å². The maximum absolute atomic E-state index is 10.5. The van der Waals surface area contributed by atoms with Crippen LogP contribution in [0.5, 0.6) is 0 Å². The Bertz CT molecular complexity index is 179. The first-order valence-corrected chi connectivity index (χ1v) is 3.52. The average Bonchev–Trinajstić information content (AvgIpc) is 2.37. The summed E-state index contributed by atoms with van der Waals surface area (Å²) in [4.78, 5) is 10.5. The Kier molecular flexibility index (Phi) is 0.881. The molecule has 2 aliphatic rings. The van der Waals surface area contributed by atoms with Crippen molar-refractivity contribution >= 4 is 6.16 Å². The molecule has 1 spiro atoms. The van der Waals surface area contributed by atoms with Crippen molar-refractivity contribution < 1.29 is 14.3 Å². The lowest BCUT2D eigenvalue weighted by atomic mass is 10.3.